The quantitative estimate of drug-likeness (QED) is 0.633. The zero-order valence-corrected chi connectivity index (χ0v) is 12.9. The number of carbonyl (C=O) groups is 1. The van der Waals surface area contributed by atoms with Gasteiger partial charge in [-0.15, -0.1) is 0 Å². The molecule has 0 N–H and O–H groups in total. The van der Waals surface area contributed by atoms with E-state index in [0.717, 1.165) is 12.8 Å². The molecule has 3 aromatic rings. The van der Waals surface area contributed by atoms with E-state index in [1.807, 2.05) is 0 Å². The number of hydrogen-bond donors (Lipinski definition) is 0. The van der Waals surface area contributed by atoms with Gasteiger partial charge < -0.3 is 4.90 Å². The highest BCUT2D eigenvalue weighted by Crippen LogP contribution is 2.20. The van der Waals surface area contributed by atoms with E-state index in [9.17, 15) is 9.59 Å². The van der Waals surface area contributed by atoms with Gasteiger partial charge in [0.2, 0.25) is 5.91 Å². The van der Waals surface area contributed by atoms with Crippen LogP contribution in [0.1, 0.15) is 18.9 Å². The molecule has 10 nitrogen and oxygen atoms in total. The molecule has 4 rings (SSSR count). The van der Waals surface area contributed by atoms with Gasteiger partial charge >= 0.3 is 0 Å². The second-order valence-electron chi connectivity index (χ2n) is 5.77. The Kier molecular flexibility index (Phi) is 3.56. The van der Waals surface area contributed by atoms with Crippen molar-refractivity contribution in [1.82, 2.24) is 39.1 Å². The Labute approximate surface area is 136 Å². The maximum Gasteiger partial charge on any atom is 0.293 e. The summed E-state index contributed by atoms with van der Waals surface area (Å²) in [5, 5.41) is 12.1. The van der Waals surface area contributed by atoms with E-state index in [1.54, 1.807) is 22.0 Å². The van der Waals surface area contributed by atoms with E-state index >= 15 is 0 Å². The van der Waals surface area contributed by atoms with Crippen LogP contribution in [0.4, 0.5) is 0 Å². The molecule has 0 aliphatic carbocycles. The van der Waals surface area contributed by atoms with Crippen molar-refractivity contribution in [2.45, 2.75) is 25.4 Å². The minimum atomic E-state index is -0.326. The van der Waals surface area contributed by atoms with Crippen molar-refractivity contribution in [2.24, 2.45) is 0 Å². The molecule has 1 aliphatic heterocycles. The van der Waals surface area contributed by atoms with Gasteiger partial charge in [0.1, 0.15) is 31.0 Å². The fourth-order valence-corrected chi connectivity index (χ4v) is 3.02. The van der Waals surface area contributed by atoms with E-state index in [2.05, 4.69) is 20.3 Å². The first kappa shape index (κ1) is 14.5. The van der Waals surface area contributed by atoms with Gasteiger partial charge in [-0.3, -0.25) is 9.59 Å². The number of hydrogen-bond acceptors (Lipinski definition) is 6. The number of piperidine rings is 1. The molecular formula is C14H16N8O2. The SMILES string of the molecule is O=C(Cn1ncn2nccc2c1=O)N1CCC[C@H](n2cncn2)C1. The van der Waals surface area contributed by atoms with E-state index < -0.39 is 0 Å². The zero-order chi connectivity index (χ0) is 16.5. The molecule has 0 spiro atoms. The number of carbonyl (C=O) groups excluding carboxylic acids is 1. The van der Waals surface area contributed by atoms with Gasteiger partial charge in [0.05, 0.1) is 12.2 Å². The standard InChI is InChI=1S/C14H16N8O2/c23-13(7-20-14(24)12-3-4-16-22(12)10-18-20)19-5-1-2-11(6-19)21-9-15-8-17-21/h3-4,8-11H,1-2,5-7H2/t11-/m0/s1. The van der Waals surface area contributed by atoms with E-state index in [4.69, 9.17) is 0 Å². The molecule has 0 unspecified atom stereocenters. The predicted octanol–water partition coefficient (Wildman–Crippen LogP) is -0.654. The van der Waals surface area contributed by atoms with Crippen LogP contribution in [-0.4, -0.2) is 58.1 Å². The van der Waals surface area contributed by atoms with Crippen LogP contribution in [0.25, 0.3) is 5.52 Å². The highest BCUT2D eigenvalue weighted by Gasteiger charge is 2.25. The summed E-state index contributed by atoms with van der Waals surface area (Å²) in [6.07, 6.45) is 7.95. The minimum Gasteiger partial charge on any atom is -0.339 e. The van der Waals surface area contributed by atoms with Crippen molar-refractivity contribution in [1.29, 1.82) is 0 Å². The topological polar surface area (TPSA) is 103 Å². The number of aromatic nitrogens is 7. The van der Waals surface area contributed by atoms with Crippen molar-refractivity contribution in [3.05, 3.63) is 41.6 Å². The Balaban J connectivity index is 1.50. The smallest absolute Gasteiger partial charge is 0.293 e. The molecule has 3 aromatic heterocycles. The third kappa shape index (κ3) is 2.55. The van der Waals surface area contributed by atoms with Crippen LogP contribution >= 0.6 is 0 Å². The number of nitrogens with zero attached hydrogens (tertiary/aromatic N) is 8. The van der Waals surface area contributed by atoms with E-state index in [1.165, 1.54) is 28.0 Å². The molecule has 1 fully saturated rings. The third-order valence-electron chi connectivity index (χ3n) is 4.27. The lowest BCUT2D eigenvalue weighted by atomic mass is 10.1. The van der Waals surface area contributed by atoms with Gasteiger partial charge in [-0.2, -0.15) is 15.3 Å². The highest BCUT2D eigenvalue weighted by atomic mass is 16.2. The summed E-state index contributed by atoms with van der Waals surface area (Å²) in [7, 11) is 0. The molecule has 1 aliphatic rings. The molecule has 0 aromatic carbocycles. The van der Waals surface area contributed by atoms with Gasteiger partial charge in [0.25, 0.3) is 5.56 Å². The number of rotatable bonds is 3. The van der Waals surface area contributed by atoms with Crippen LogP contribution in [0.15, 0.2) is 36.0 Å². The normalized spacial score (nSPS) is 18.2. The maximum atomic E-state index is 12.6. The first-order valence-electron chi connectivity index (χ1n) is 7.74. The first-order chi connectivity index (χ1) is 11.7. The largest absolute Gasteiger partial charge is 0.339 e. The summed E-state index contributed by atoms with van der Waals surface area (Å²) in [5.74, 6) is -0.127. The van der Waals surface area contributed by atoms with Crippen LogP contribution in [0.2, 0.25) is 0 Å². The van der Waals surface area contributed by atoms with E-state index in [-0.39, 0.29) is 24.1 Å². The molecule has 1 amide bonds. The molecule has 10 heteroatoms. The fourth-order valence-electron chi connectivity index (χ4n) is 3.02. The monoisotopic (exact) mass is 328 g/mol. The molecule has 0 radical (unpaired) electrons. The van der Waals surface area contributed by atoms with Crippen molar-refractivity contribution >= 4 is 11.4 Å². The maximum absolute atomic E-state index is 12.6. The molecule has 1 atom stereocenters. The average Bonchev–Trinajstić information content (AvgIpc) is 3.29. The minimum absolute atomic E-state index is 0.0788. The summed E-state index contributed by atoms with van der Waals surface area (Å²) in [6.45, 7) is 1.16. The predicted molar refractivity (Wildman–Crippen MR) is 82.1 cm³/mol. The highest BCUT2D eigenvalue weighted by molar-refractivity contribution is 5.76. The summed E-state index contributed by atoms with van der Waals surface area (Å²) < 4.78 is 4.35. The van der Waals surface area contributed by atoms with Crippen molar-refractivity contribution < 1.29 is 4.79 Å². The molecule has 4 heterocycles. The summed E-state index contributed by atoms with van der Waals surface area (Å²) in [5.41, 5.74) is 0.0742. The lowest BCUT2D eigenvalue weighted by molar-refractivity contribution is -0.133. The summed E-state index contributed by atoms with van der Waals surface area (Å²) in [6, 6.07) is 1.72. The molecule has 0 saturated carbocycles. The molecule has 0 bridgehead atoms. The number of fused-ring (bicyclic) bond motifs is 1. The molecule has 124 valence electrons. The van der Waals surface area contributed by atoms with Crippen molar-refractivity contribution in [3.63, 3.8) is 0 Å². The zero-order valence-electron chi connectivity index (χ0n) is 12.9. The molecular weight excluding hydrogens is 312 g/mol. The van der Waals surface area contributed by atoms with Crippen LogP contribution < -0.4 is 5.56 Å². The Morgan fingerprint density at radius 2 is 2.17 bits per heavy atom. The Morgan fingerprint density at radius 1 is 1.25 bits per heavy atom. The van der Waals surface area contributed by atoms with Gasteiger partial charge in [-0.05, 0) is 18.9 Å². The van der Waals surface area contributed by atoms with Crippen molar-refractivity contribution in [2.75, 3.05) is 13.1 Å². The third-order valence-corrected chi connectivity index (χ3v) is 4.27. The van der Waals surface area contributed by atoms with Gasteiger partial charge in [-0.25, -0.2) is 18.9 Å². The lowest BCUT2D eigenvalue weighted by Crippen LogP contribution is -2.43. The average molecular weight is 328 g/mol. The lowest BCUT2D eigenvalue weighted by Gasteiger charge is -2.32. The van der Waals surface area contributed by atoms with Crippen LogP contribution in [0.5, 0.6) is 0 Å². The van der Waals surface area contributed by atoms with Gasteiger partial charge in [-0.1, -0.05) is 0 Å². The van der Waals surface area contributed by atoms with Crippen LogP contribution in [-0.2, 0) is 11.3 Å². The summed E-state index contributed by atoms with van der Waals surface area (Å²) in [4.78, 5) is 30.6. The molecule has 24 heavy (non-hydrogen) atoms. The van der Waals surface area contributed by atoms with Gasteiger partial charge in [0.15, 0.2) is 0 Å². The fraction of sp³-hybridized carbons (Fsp3) is 0.429. The Morgan fingerprint density at radius 3 is 3.00 bits per heavy atom. The first-order valence-corrected chi connectivity index (χ1v) is 7.74. The van der Waals surface area contributed by atoms with Gasteiger partial charge in [0, 0.05) is 13.1 Å². The van der Waals surface area contributed by atoms with Crippen LogP contribution in [0, 0.1) is 0 Å². The van der Waals surface area contributed by atoms with Crippen LogP contribution in [0.3, 0.4) is 0 Å². The molecule has 1 saturated heterocycles. The second kappa shape index (κ2) is 5.87. The number of likely N-dealkylation sites (tertiary alicyclic amines) is 1. The summed E-state index contributed by atoms with van der Waals surface area (Å²) >= 11 is 0. The Hall–Kier alpha value is -3.04. The van der Waals surface area contributed by atoms with E-state index in [0.29, 0.717) is 18.6 Å². The van der Waals surface area contributed by atoms with Crippen molar-refractivity contribution in [3.8, 4) is 0 Å². The number of amides is 1. The second-order valence-corrected chi connectivity index (χ2v) is 5.77. The Bertz CT molecular complexity index is 912.